The number of ether oxygens (including phenoxy) is 2. The van der Waals surface area contributed by atoms with Crippen molar-refractivity contribution in [3.05, 3.63) is 65.7 Å². The molecule has 1 unspecified atom stereocenters. The Balaban J connectivity index is 1.85. The molecule has 0 saturated carbocycles. The highest BCUT2D eigenvalue weighted by molar-refractivity contribution is 5.29. The van der Waals surface area contributed by atoms with Gasteiger partial charge in [0.05, 0.1) is 6.61 Å². The van der Waals surface area contributed by atoms with Gasteiger partial charge in [0.1, 0.15) is 5.75 Å². The highest BCUT2D eigenvalue weighted by Crippen LogP contribution is 2.24. The van der Waals surface area contributed by atoms with E-state index in [1.165, 1.54) is 11.1 Å². The van der Waals surface area contributed by atoms with Crippen LogP contribution in [0.1, 0.15) is 51.2 Å². The molecule has 2 aromatic rings. The predicted octanol–water partition coefficient (Wildman–Crippen LogP) is 5.57. The second-order valence-electron chi connectivity index (χ2n) is 6.46. The second kappa shape index (κ2) is 8.16. The SMILES string of the molecule is CCC(C)c1ccc(OC(C)(C)OCCc2ccccc2)cc1. The Kier molecular flexibility index (Phi) is 6.23. The Labute approximate surface area is 140 Å². The largest absolute Gasteiger partial charge is 0.463 e. The fourth-order valence-electron chi connectivity index (χ4n) is 2.47. The fraction of sp³-hybridized carbons (Fsp3) is 0.429. The molecule has 2 heteroatoms. The van der Waals surface area contributed by atoms with Gasteiger partial charge in [-0.1, -0.05) is 56.3 Å². The summed E-state index contributed by atoms with van der Waals surface area (Å²) in [7, 11) is 0. The summed E-state index contributed by atoms with van der Waals surface area (Å²) in [6.07, 6.45) is 2.04. The molecule has 0 aliphatic rings. The summed E-state index contributed by atoms with van der Waals surface area (Å²) in [5.74, 6) is 0.799. The van der Waals surface area contributed by atoms with Crippen molar-refractivity contribution in [2.24, 2.45) is 0 Å². The van der Waals surface area contributed by atoms with Gasteiger partial charge in [0.25, 0.3) is 0 Å². The zero-order chi connectivity index (χ0) is 16.7. The maximum absolute atomic E-state index is 5.99. The van der Waals surface area contributed by atoms with Gasteiger partial charge in [-0.25, -0.2) is 0 Å². The first-order valence-corrected chi connectivity index (χ1v) is 8.47. The molecule has 124 valence electrons. The van der Waals surface area contributed by atoms with Gasteiger partial charge in [-0.3, -0.25) is 0 Å². The van der Waals surface area contributed by atoms with E-state index in [0.717, 1.165) is 18.6 Å². The molecular weight excluding hydrogens is 284 g/mol. The second-order valence-corrected chi connectivity index (χ2v) is 6.46. The fourth-order valence-corrected chi connectivity index (χ4v) is 2.47. The van der Waals surface area contributed by atoms with Crippen LogP contribution in [0.15, 0.2) is 54.6 Å². The number of benzene rings is 2. The van der Waals surface area contributed by atoms with Crippen LogP contribution in [0.5, 0.6) is 5.75 Å². The molecule has 0 bridgehead atoms. The van der Waals surface area contributed by atoms with Crippen LogP contribution in [0.25, 0.3) is 0 Å². The van der Waals surface area contributed by atoms with E-state index in [4.69, 9.17) is 9.47 Å². The molecular formula is C21H28O2. The lowest BCUT2D eigenvalue weighted by molar-refractivity contribution is -0.155. The van der Waals surface area contributed by atoms with E-state index >= 15 is 0 Å². The van der Waals surface area contributed by atoms with Crippen LogP contribution >= 0.6 is 0 Å². The van der Waals surface area contributed by atoms with Gasteiger partial charge in [0.2, 0.25) is 5.79 Å². The van der Waals surface area contributed by atoms with Crippen LogP contribution in [0.2, 0.25) is 0 Å². The molecule has 0 N–H and O–H groups in total. The Morgan fingerprint density at radius 1 is 0.957 bits per heavy atom. The Bertz CT molecular complexity index is 573. The average Bonchev–Trinajstić information content (AvgIpc) is 2.55. The number of rotatable bonds is 8. The summed E-state index contributed by atoms with van der Waals surface area (Å²) < 4.78 is 11.9. The van der Waals surface area contributed by atoms with Gasteiger partial charge in [-0.05, 0) is 42.0 Å². The van der Waals surface area contributed by atoms with Gasteiger partial charge < -0.3 is 9.47 Å². The van der Waals surface area contributed by atoms with Crippen LogP contribution in [0.4, 0.5) is 0 Å². The normalized spacial score (nSPS) is 12.9. The van der Waals surface area contributed by atoms with Crippen molar-refractivity contribution in [3.8, 4) is 5.75 Å². The van der Waals surface area contributed by atoms with Crippen LogP contribution < -0.4 is 4.74 Å². The van der Waals surface area contributed by atoms with E-state index < -0.39 is 5.79 Å². The molecule has 0 aliphatic carbocycles. The summed E-state index contributed by atoms with van der Waals surface area (Å²) in [5, 5.41) is 0. The van der Waals surface area contributed by atoms with Crippen molar-refractivity contribution in [1.29, 1.82) is 0 Å². The molecule has 0 saturated heterocycles. The zero-order valence-electron chi connectivity index (χ0n) is 14.7. The van der Waals surface area contributed by atoms with Crippen LogP contribution in [-0.2, 0) is 11.2 Å². The standard InChI is InChI=1S/C21H28O2/c1-5-17(2)19-11-13-20(14-12-19)23-21(3,4)22-16-15-18-9-7-6-8-10-18/h6-14,17H,5,15-16H2,1-4H3. The molecule has 1 atom stereocenters. The lowest BCUT2D eigenvalue weighted by atomic mass is 9.99. The van der Waals surface area contributed by atoms with E-state index in [2.05, 4.69) is 50.2 Å². The topological polar surface area (TPSA) is 18.5 Å². The van der Waals surface area contributed by atoms with Crippen LogP contribution in [0, 0.1) is 0 Å². The van der Waals surface area contributed by atoms with Crippen molar-refractivity contribution < 1.29 is 9.47 Å². The molecule has 0 aliphatic heterocycles. The highest BCUT2D eigenvalue weighted by atomic mass is 16.7. The van der Waals surface area contributed by atoms with Crippen molar-refractivity contribution >= 4 is 0 Å². The smallest absolute Gasteiger partial charge is 0.204 e. The summed E-state index contributed by atoms with van der Waals surface area (Å²) in [4.78, 5) is 0. The first-order chi connectivity index (χ1) is 11.0. The predicted molar refractivity (Wildman–Crippen MR) is 96.0 cm³/mol. The summed E-state index contributed by atoms with van der Waals surface area (Å²) in [6.45, 7) is 9.01. The van der Waals surface area contributed by atoms with Gasteiger partial charge in [-0.2, -0.15) is 0 Å². The van der Waals surface area contributed by atoms with Crippen LogP contribution in [-0.4, -0.2) is 12.4 Å². The van der Waals surface area contributed by atoms with E-state index in [1.54, 1.807) is 0 Å². The summed E-state index contributed by atoms with van der Waals surface area (Å²) in [6, 6.07) is 18.7. The maximum Gasteiger partial charge on any atom is 0.204 e. The minimum absolute atomic E-state index is 0.583. The third-order valence-electron chi connectivity index (χ3n) is 4.11. The molecule has 0 radical (unpaired) electrons. The van der Waals surface area contributed by atoms with Crippen molar-refractivity contribution in [2.75, 3.05) is 6.61 Å². The third-order valence-corrected chi connectivity index (χ3v) is 4.11. The van der Waals surface area contributed by atoms with E-state index in [9.17, 15) is 0 Å². The van der Waals surface area contributed by atoms with Gasteiger partial charge in [0.15, 0.2) is 0 Å². The van der Waals surface area contributed by atoms with Crippen molar-refractivity contribution in [3.63, 3.8) is 0 Å². The number of hydrogen-bond acceptors (Lipinski definition) is 2. The minimum Gasteiger partial charge on any atom is -0.463 e. The quantitative estimate of drug-likeness (QED) is 0.593. The third kappa shape index (κ3) is 5.72. The molecule has 0 fully saturated rings. The minimum atomic E-state index is -0.632. The molecule has 2 nitrogen and oxygen atoms in total. The first kappa shape index (κ1) is 17.6. The Hall–Kier alpha value is -1.80. The monoisotopic (exact) mass is 312 g/mol. The highest BCUT2D eigenvalue weighted by Gasteiger charge is 2.20. The van der Waals surface area contributed by atoms with Gasteiger partial charge in [0, 0.05) is 13.8 Å². The van der Waals surface area contributed by atoms with E-state index in [0.29, 0.717) is 12.5 Å². The maximum atomic E-state index is 5.99. The average molecular weight is 312 g/mol. The molecule has 0 heterocycles. The van der Waals surface area contributed by atoms with E-state index in [-0.39, 0.29) is 0 Å². The summed E-state index contributed by atoms with van der Waals surface area (Å²) >= 11 is 0. The Morgan fingerprint density at radius 3 is 2.22 bits per heavy atom. The molecule has 2 rings (SSSR count). The summed E-state index contributed by atoms with van der Waals surface area (Å²) in [5.41, 5.74) is 2.63. The van der Waals surface area contributed by atoms with E-state index in [1.807, 2.05) is 32.0 Å². The molecule has 23 heavy (non-hydrogen) atoms. The van der Waals surface area contributed by atoms with Crippen molar-refractivity contribution in [1.82, 2.24) is 0 Å². The molecule has 2 aromatic carbocycles. The molecule has 0 spiro atoms. The lowest BCUT2D eigenvalue weighted by Crippen LogP contribution is -2.32. The van der Waals surface area contributed by atoms with Crippen molar-refractivity contribution in [2.45, 2.75) is 52.2 Å². The van der Waals surface area contributed by atoms with Crippen LogP contribution in [0.3, 0.4) is 0 Å². The van der Waals surface area contributed by atoms with Gasteiger partial charge in [-0.15, -0.1) is 0 Å². The first-order valence-electron chi connectivity index (χ1n) is 8.47. The lowest BCUT2D eigenvalue weighted by Gasteiger charge is -2.27. The molecule has 0 amide bonds. The zero-order valence-corrected chi connectivity index (χ0v) is 14.7. The number of hydrogen-bond donors (Lipinski definition) is 0. The van der Waals surface area contributed by atoms with Gasteiger partial charge >= 0.3 is 0 Å². The Morgan fingerprint density at radius 2 is 1.61 bits per heavy atom. The molecule has 0 aromatic heterocycles.